The summed E-state index contributed by atoms with van der Waals surface area (Å²) in [6.45, 7) is 3.55. The van der Waals surface area contributed by atoms with E-state index in [2.05, 4.69) is 22.9 Å². The van der Waals surface area contributed by atoms with E-state index in [1.807, 2.05) is 0 Å². The molecule has 0 spiro atoms. The van der Waals surface area contributed by atoms with Gasteiger partial charge in [0.2, 0.25) is 11.8 Å². The highest BCUT2D eigenvalue weighted by Crippen LogP contribution is 2.40. The van der Waals surface area contributed by atoms with E-state index in [1.165, 1.54) is 32.6 Å². The van der Waals surface area contributed by atoms with Crippen LogP contribution >= 0.6 is 15.9 Å². The van der Waals surface area contributed by atoms with Gasteiger partial charge in [-0.2, -0.15) is 0 Å². The highest BCUT2D eigenvalue weighted by molar-refractivity contribution is 9.10. The van der Waals surface area contributed by atoms with Gasteiger partial charge in [0.25, 0.3) is 0 Å². The zero-order valence-electron chi connectivity index (χ0n) is 15.0. The van der Waals surface area contributed by atoms with Crippen LogP contribution in [0.3, 0.4) is 0 Å². The first-order valence-electron chi connectivity index (χ1n) is 9.14. The van der Waals surface area contributed by atoms with Crippen molar-refractivity contribution in [1.82, 2.24) is 0 Å². The van der Waals surface area contributed by atoms with Crippen LogP contribution in [-0.4, -0.2) is 17.6 Å². The Morgan fingerprint density at radius 1 is 1.08 bits per heavy atom. The number of unbranched alkanes of at least 4 members (excludes halogenated alkanes) is 6. The minimum atomic E-state index is -0.837. The molecule has 2 amide bonds. The summed E-state index contributed by atoms with van der Waals surface area (Å²) in [4.78, 5) is 38.3. The zero-order valence-corrected chi connectivity index (χ0v) is 16.6. The third-order valence-electron chi connectivity index (χ3n) is 4.67. The highest BCUT2D eigenvalue weighted by atomic mass is 79.9. The maximum atomic E-state index is 12.7. The predicted octanol–water partition coefficient (Wildman–Crippen LogP) is 5.14. The number of amides is 2. The molecule has 0 saturated heterocycles. The van der Waals surface area contributed by atoms with E-state index in [0.29, 0.717) is 17.7 Å². The van der Waals surface area contributed by atoms with Crippen molar-refractivity contribution in [3.8, 4) is 0 Å². The second-order valence-electron chi connectivity index (χ2n) is 6.67. The molecular weight excluding hydrogens is 382 g/mol. The molecule has 0 aromatic heterocycles. The molecule has 1 unspecified atom stereocenters. The van der Waals surface area contributed by atoms with Gasteiger partial charge >= 0.3 is 0 Å². The number of benzene rings is 1. The minimum Gasteiger partial charge on any atom is -0.298 e. The largest absolute Gasteiger partial charge is 0.298 e. The number of ketones is 1. The van der Waals surface area contributed by atoms with Gasteiger partial charge in [0.05, 0.1) is 5.69 Å². The Morgan fingerprint density at radius 2 is 1.72 bits per heavy atom. The summed E-state index contributed by atoms with van der Waals surface area (Å²) in [5.74, 6) is -1.67. The molecule has 5 heteroatoms. The minimum absolute atomic E-state index is 0.0818. The van der Waals surface area contributed by atoms with Crippen molar-refractivity contribution in [3.63, 3.8) is 0 Å². The third kappa shape index (κ3) is 4.78. The average Bonchev–Trinajstić information content (AvgIpc) is 2.85. The van der Waals surface area contributed by atoms with E-state index in [-0.39, 0.29) is 11.7 Å². The fraction of sp³-hybridized carbons (Fsp3) is 0.550. The summed E-state index contributed by atoms with van der Waals surface area (Å²) in [5, 5.41) is 0. The van der Waals surface area contributed by atoms with Crippen molar-refractivity contribution < 1.29 is 14.4 Å². The second-order valence-corrected chi connectivity index (χ2v) is 7.58. The molecule has 136 valence electrons. The van der Waals surface area contributed by atoms with Gasteiger partial charge in [-0.3, -0.25) is 14.4 Å². The van der Waals surface area contributed by atoms with E-state index in [0.717, 1.165) is 28.6 Å². The topological polar surface area (TPSA) is 54.5 Å². The van der Waals surface area contributed by atoms with Crippen LogP contribution in [-0.2, 0) is 14.4 Å². The highest BCUT2D eigenvalue weighted by Gasteiger charge is 2.43. The van der Waals surface area contributed by atoms with Gasteiger partial charge in [-0.05, 0) is 30.2 Å². The van der Waals surface area contributed by atoms with Gasteiger partial charge in [-0.15, -0.1) is 0 Å². The number of carbonyl (C=O) groups excluding carboxylic acids is 3. The third-order valence-corrected chi connectivity index (χ3v) is 5.17. The molecule has 25 heavy (non-hydrogen) atoms. The van der Waals surface area contributed by atoms with Gasteiger partial charge < -0.3 is 0 Å². The number of nitrogens with zero attached hydrogens (tertiary/aromatic N) is 1. The zero-order chi connectivity index (χ0) is 18.4. The number of carbonyl (C=O) groups is 3. The quantitative estimate of drug-likeness (QED) is 0.420. The lowest BCUT2D eigenvalue weighted by Crippen LogP contribution is -2.35. The van der Waals surface area contributed by atoms with E-state index < -0.39 is 11.8 Å². The van der Waals surface area contributed by atoms with E-state index in [1.54, 1.807) is 18.2 Å². The van der Waals surface area contributed by atoms with Gasteiger partial charge in [-0.1, -0.05) is 61.4 Å². The van der Waals surface area contributed by atoms with E-state index in [9.17, 15) is 14.4 Å². The van der Waals surface area contributed by atoms with Crippen LogP contribution in [0.25, 0.3) is 0 Å². The number of Topliss-reactive ketones (excluding diaryl/α,β-unsaturated/α-hetero) is 1. The fourth-order valence-corrected chi connectivity index (χ4v) is 3.76. The van der Waals surface area contributed by atoms with Crippen LogP contribution in [0.1, 0.15) is 76.7 Å². The van der Waals surface area contributed by atoms with Gasteiger partial charge in [0.15, 0.2) is 0 Å². The fourth-order valence-electron chi connectivity index (χ4n) is 3.38. The monoisotopic (exact) mass is 407 g/mol. The Kier molecular flexibility index (Phi) is 7.36. The van der Waals surface area contributed by atoms with Crippen molar-refractivity contribution >= 4 is 39.2 Å². The number of hydrogen-bond donors (Lipinski definition) is 0. The molecule has 1 atom stereocenters. The molecule has 0 aliphatic carbocycles. The van der Waals surface area contributed by atoms with Crippen LogP contribution in [0.15, 0.2) is 22.7 Å². The van der Waals surface area contributed by atoms with E-state index >= 15 is 0 Å². The molecule has 0 radical (unpaired) electrons. The smallest absolute Gasteiger partial charge is 0.248 e. The molecule has 2 rings (SSSR count). The van der Waals surface area contributed by atoms with Crippen LogP contribution in [0, 0.1) is 0 Å². The summed E-state index contributed by atoms with van der Waals surface area (Å²) >= 11 is 3.39. The van der Waals surface area contributed by atoms with Crippen LogP contribution in [0.4, 0.5) is 5.69 Å². The van der Waals surface area contributed by atoms with Gasteiger partial charge in [0, 0.05) is 17.8 Å². The number of fused-ring (bicyclic) bond motifs is 1. The number of hydrogen-bond acceptors (Lipinski definition) is 3. The van der Waals surface area contributed by atoms with Gasteiger partial charge in [-0.25, -0.2) is 4.90 Å². The van der Waals surface area contributed by atoms with Crippen molar-refractivity contribution in [2.24, 2.45) is 0 Å². The summed E-state index contributed by atoms with van der Waals surface area (Å²) in [6.07, 6.45) is 8.29. The Hall–Kier alpha value is -1.49. The number of rotatable bonds is 9. The Balaban J connectivity index is 1.99. The van der Waals surface area contributed by atoms with Crippen LogP contribution in [0.2, 0.25) is 0 Å². The van der Waals surface area contributed by atoms with Gasteiger partial charge in [0.1, 0.15) is 11.7 Å². The number of anilines is 1. The lowest BCUT2D eigenvalue weighted by atomic mass is 9.93. The SMILES string of the molecule is CCCCCCCCCC(=O)C1C(=O)N(C(C)=O)c2ccc(Br)cc21. The summed E-state index contributed by atoms with van der Waals surface area (Å²) in [5.41, 5.74) is 1.18. The molecule has 4 nitrogen and oxygen atoms in total. The molecule has 1 aromatic rings. The molecule has 0 saturated carbocycles. The molecule has 0 N–H and O–H groups in total. The van der Waals surface area contributed by atoms with Crippen molar-refractivity contribution in [2.45, 2.75) is 71.1 Å². The maximum Gasteiger partial charge on any atom is 0.248 e. The van der Waals surface area contributed by atoms with Crippen molar-refractivity contribution in [3.05, 3.63) is 28.2 Å². The number of halogens is 1. The summed E-state index contributed by atoms with van der Waals surface area (Å²) in [7, 11) is 0. The normalized spacial score (nSPS) is 16.2. The molecule has 0 bridgehead atoms. The molecule has 1 aliphatic rings. The first kappa shape index (κ1) is 19.8. The number of imide groups is 1. The Morgan fingerprint density at radius 3 is 2.36 bits per heavy atom. The standard InChI is InChI=1S/C20H26BrNO3/c1-3-4-5-6-7-8-9-10-18(24)19-16-13-15(21)11-12-17(16)22(14(2)23)20(19)25/h11-13,19H,3-10H2,1-2H3. The maximum absolute atomic E-state index is 12.7. The van der Waals surface area contributed by atoms with Crippen LogP contribution in [0.5, 0.6) is 0 Å². The Labute approximate surface area is 158 Å². The van der Waals surface area contributed by atoms with E-state index in [4.69, 9.17) is 0 Å². The molecule has 0 fully saturated rings. The first-order chi connectivity index (χ1) is 12.0. The van der Waals surface area contributed by atoms with Crippen molar-refractivity contribution in [2.75, 3.05) is 4.90 Å². The molecule has 1 aromatic carbocycles. The molecule has 1 heterocycles. The van der Waals surface area contributed by atoms with Crippen LogP contribution < -0.4 is 4.90 Å². The Bertz CT molecular complexity index is 656. The molecular formula is C20H26BrNO3. The van der Waals surface area contributed by atoms with Crippen molar-refractivity contribution in [1.29, 1.82) is 0 Å². The predicted molar refractivity (Wildman–Crippen MR) is 103 cm³/mol. The first-order valence-corrected chi connectivity index (χ1v) is 9.93. The second kappa shape index (κ2) is 9.27. The molecule has 1 aliphatic heterocycles. The average molecular weight is 408 g/mol. The lowest BCUT2D eigenvalue weighted by molar-refractivity contribution is -0.130. The summed E-state index contributed by atoms with van der Waals surface area (Å²) < 4.78 is 0.804. The summed E-state index contributed by atoms with van der Waals surface area (Å²) in [6, 6.07) is 5.29. The lowest BCUT2D eigenvalue weighted by Gasteiger charge is -2.13.